The van der Waals surface area contributed by atoms with Crippen molar-refractivity contribution in [1.29, 1.82) is 0 Å². The zero-order valence-electron chi connectivity index (χ0n) is 9.49. The number of benzene rings is 1. The summed E-state index contributed by atoms with van der Waals surface area (Å²) in [5.41, 5.74) is 0.413. The standard InChI is InChI=1S/C11H8ClN3O4/c12-9-3-8(15(17)18)1-2-10(9)19-11-13-4-7(6-16)5-14-11/h1-5,16H,6H2. The number of aliphatic hydroxyl groups is 1. The maximum absolute atomic E-state index is 10.6. The summed E-state index contributed by atoms with van der Waals surface area (Å²) in [6.45, 7) is -0.168. The lowest BCUT2D eigenvalue weighted by Crippen LogP contribution is -1.95. The lowest BCUT2D eigenvalue weighted by molar-refractivity contribution is -0.384. The lowest BCUT2D eigenvalue weighted by Gasteiger charge is -2.05. The number of halogens is 1. The molecule has 7 nitrogen and oxygen atoms in total. The average molecular weight is 282 g/mol. The Morgan fingerprint density at radius 3 is 2.58 bits per heavy atom. The van der Waals surface area contributed by atoms with E-state index in [9.17, 15) is 10.1 Å². The van der Waals surface area contributed by atoms with Crippen molar-refractivity contribution in [2.75, 3.05) is 0 Å². The van der Waals surface area contributed by atoms with E-state index >= 15 is 0 Å². The molecule has 0 spiro atoms. The summed E-state index contributed by atoms with van der Waals surface area (Å²) in [6, 6.07) is 3.85. The molecule has 0 amide bonds. The third kappa shape index (κ3) is 3.15. The van der Waals surface area contributed by atoms with E-state index in [4.69, 9.17) is 21.4 Å². The Morgan fingerprint density at radius 2 is 2.05 bits per heavy atom. The van der Waals surface area contributed by atoms with Gasteiger partial charge in [-0.1, -0.05) is 11.6 Å². The molecule has 19 heavy (non-hydrogen) atoms. The first-order valence-electron chi connectivity index (χ1n) is 5.13. The summed E-state index contributed by atoms with van der Waals surface area (Å²) >= 11 is 5.86. The number of nitro benzene ring substituents is 1. The minimum atomic E-state index is -0.553. The predicted octanol–water partition coefficient (Wildman–Crippen LogP) is 2.32. The fourth-order valence-electron chi connectivity index (χ4n) is 1.26. The third-order valence-corrected chi connectivity index (χ3v) is 2.49. The Bertz CT molecular complexity index is 603. The van der Waals surface area contributed by atoms with E-state index in [-0.39, 0.29) is 29.1 Å². The van der Waals surface area contributed by atoms with Crippen LogP contribution in [0.25, 0.3) is 0 Å². The SMILES string of the molecule is O=[N+]([O-])c1ccc(Oc2ncc(CO)cn2)c(Cl)c1. The van der Waals surface area contributed by atoms with Crippen LogP contribution in [0.1, 0.15) is 5.56 Å². The van der Waals surface area contributed by atoms with Gasteiger partial charge in [0.25, 0.3) is 5.69 Å². The highest BCUT2D eigenvalue weighted by Gasteiger charge is 2.11. The normalized spacial score (nSPS) is 10.2. The average Bonchev–Trinajstić information content (AvgIpc) is 2.41. The Morgan fingerprint density at radius 1 is 1.37 bits per heavy atom. The van der Waals surface area contributed by atoms with E-state index in [2.05, 4.69) is 9.97 Å². The van der Waals surface area contributed by atoms with Crippen molar-refractivity contribution in [2.24, 2.45) is 0 Å². The van der Waals surface area contributed by atoms with Crippen LogP contribution in [0.3, 0.4) is 0 Å². The minimum absolute atomic E-state index is 0.0351. The van der Waals surface area contributed by atoms with Crippen molar-refractivity contribution in [1.82, 2.24) is 9.97 Å². The van der Waals surface area contributed by atoms with Crippen LogP contribution in [-0.4, -0.2) is 20.0 Å². The number of hydrogen-bond acceptors (Lipinski definition) is 6. The molecule has 1 aromatic heterocycles. The molecule has 0 atom stereocenters. The van der Waals surface area contributed by atoms with Gasteiger partial charge in [-0.3, -0.25) is 10.1 Å². The van der Waals surface area contributed by atoms with Crippen molar-refractivity contribution in [2.45, 2.75) is 6.61 Å². The van der Waals surface area contributed by atoms with Gasteiger partial charge < -0.3 is 9.84 Å². The minimum Gasteiger partial charge on any atom is -0.423 e. The number of hydrogen-bond donors (Lipinski definition) is 1. The third-order valence-electron chi connectivity index (χ3n) is 2.19. The second-order valence-electron chi connectivity index (χ2n) is 3.51. The molecule has 0 saturated carbocycles. The summed E-state index contributed by atoms with van der Waals surface area (Å²) in [4.78, 5) is 17.7. The number of non-ortho nitro benzene ring substituents is 1. The van der Waals surface area contributed by atoms with Crippen LogP contribution >= 0.6 is 11.6 Å². The Balaban J connectivity index is 2.20. The molecule has 8 heteroatoms. The van der Waals surface area contributed by atoms with Gasteiger partial charge in [0.1, 0.15) is 5.75 Å². The van der Waals surface area contributed by atoms with Gasteiger partial charge in [0.05, 0.1) is 16.6 Å². The van der Waals surface area contributed by atoms with Crippen LogP contribution in [0, 0.1) is 10.1 Å². The Hall–Kier alpha value is -2.25. The molecule has 0 unspecified atom stereocenters. The first-order valence-corrected chi connectivity index (χ1v) is 5.51. The molecule has 1 N–H and O–H groups in total. The highest BCUT2D eigenvalue weighted by atomic mass is 35.5. The second kappa shape index (κ2) is 5.59. The number of aromatic nitrogens is 2. The van der Waals surface area contributed by atoms with E-state index in [0.717, 1.165) is 0 Å². The summed E-state index contributed by atoms with van der Waals surface area (Å²) < 4.78 is 5.28. The molecule has 0 saturated heterocycles. The van der Waals surface area contributed by atoms with Crippen LogP contribution < -0.4 is 4.74 Å². The lowest BCUT2D eigenvalue weighted by atomic mass is 10.3. The topological polar surface area (TPSA) is 98.4 Å². The first-order chi connectivity index (χ1) is 9.10. The molecular weight excluding hydrogens is 274 g/mol. The predicted molar refractivity (Wildman–Crippen MR) is 66.1 cm³/mol. The van der Waals surface area contributed by atoms with Gasteiger partial charge in [-0.2, -0.15) is 0 Å². The Labute approximate surface area is 112 Å². The number of rotatable bonds is 4. The summed E-state index contributed by atoms with van der Waals surface area (Å²) in [7, 11) is 0. The smallest absolute Gasteiger partial charge is 0.321 e. The van der Waals surface area contributed by atoms with E-state index in [1.165, 1.54) is 30.6 Å². The second-order valence-corrected chi connectivity index (χ2v) is 3.91. The van der Waals surface area contributed by atoms with Crippen LogP contribution in [0.2, 0.25) is 5.02 Å². The fourth-order valence-corrected chi connectivity index (χ4v) is 1.48. The molecule has 98 valence electrons. The number of ether oxygens (including phenoxy) is 1. The van der Waals surface area contributed by atoms with E-state index in [1.54, 1.807) is 0 Å². The van der Waals surface area contributed by atoms with Gasteiger partial charge in [-0.15, -0.1) is 0 Å². The molecule has 0 bridgehead atoms. The molecule has 2 rings (SSSR count). The van der Waals surface area contributed by atoms with Gasteiger partial charge in [0.2, 0.25) is 0 Å². The van der Waals surface area contributed by atoms with Crippen molar-refractivity contribution < 1.29 is 14.8 Å². The van der Waals surface area contributed by atoms with Gasteiger partial charge in [-0.25, -0.2) is 9.97 Å². The number of nitrogens with zero attached hydrogens (tertiary/aromatic N) is 3. The summed E-state index contributed by atoms with van der Waals surface area (Å²) in [5, 5.41) is 19.5. The van der Waals surface area contributed by atoms with E-state index in [0.29, 0.717) is 5.56 Å². The van der Waals surface area contributed by atoms with Crippen molar-refractivity contribution in [3.05, 3.63) is 51.3 Å². The molecule has 0 aliphatic carbocycles. The fraction of sp³-hybridized carbons (Fsp3) is 0.0909. The molecule has 1 aromatic carbocycles. The van der Waals surface area contributed by atoms with Gasteiger partial charge in [0.15, 0.2) is 0 Å². The van der Waals surface area contributed by atoms with E-state index < -0.39 is 4.92 Å². The number of aliphatic hydroxyl groups excluding tert-OH is 1. The highest BCUT2D eigenvalue weighted by molar-refractivity contribution is 6.32. The van der Waals surface area contributed by atoms with Crippen LogP contribution in [-0.2, 0) is 6.61 Å². The molecule has 0 fully saturated rings. The molecule has 0 radical (unpaired) electrons. The van der Waals surface area contributed by atoms with Gasteiger partial charge in [0, 0.05) is 30.1 Å². The van der Waals surface area contributed by atoms with Crippen LogP contribution in [0.5, 0.6) is 11.8 Å². The maximum Gasteiger partial charge on any atom is 0.321 e. The van der Waals surface area contributed by atoms with E-state index in [1.807, 2.05) is 0 Å². The largest absolute Gasteiger partial charge is 0.423 e. The van der Waals surface area contributed by atoms with Gasteiger partial charge >= 0.3 is 6.01 Å². The Kier molecular flexibility index (Phi) is 3.88. The zero-order valence-corrected chi connectivity index (χ0v) is 10.2. The molecule has 1 heterocycles. The summed E-state index contributed by atoms with van der Waals surface area (Å²) in [5.74, 6) is 0.212. The molecule has 0 aliphatic heterocycles. The number of nitro groups is 1. The van der Waals surface area contributed by atoms with Crippen molar-refractivity contribution in [3.63, 3.8) is 0 Å². The first kappa shape index (κ1) is 13.2. The highest BCUT2D eigenvalue weighted by Crippen LogP contribution is 2.30. The van der Waals surface area contributed by atoms with Crippen LogP contribution in [0.4, 0.5) is 5.69 Å². The quantitative estimate of drug-likeness (QED) is 0.682. The van der Waals surface area contributed by atoms with Crippen LogP contribution in [0.15, 0.2) is 30.6 Å². The van der Waals surface area contributed by atoms with Gasteiger partial charge in [-0.05, 0) is 6.07 Å². The molecular formula is C11H8ClN3O4. The van der Waals surface area contributed by atoms with Crippen molar-refractivity contribution in [3.8, 4) is 11.8 Å². The molecule has 0 aliphatic rings. The maximum atomic E-state index is 10.6. The zero-order chi connectivity index (χ0) is 13.8. The molecule has 2 aromatic rings. The van der Waals surface area contributed by atoms with Crippen molar-refractivity contribution >= 4 is 17.3 Å². The monoisotopic (exact) mass is 281 g/mol. The summed E-state index contributed by atoms with van der Waals surface area (Å²) in [6.07, 6.45) is 2.81.